The third kappa shape index (κ3) is 2.72. The molecule has 138 valence electrons. The minimum absolute atomic E-state index is 0.435. The Hall–Kier alpha value is -2.72. The number of halogens is 1. The number of fused-ring (bicyclic) bond motifs is 3. The van der Waals surface area contributed by atoms with E-state index >= 15 is 0 Å². The summed E-state index contributed by atoms with van der Waals surface area (Å²) in [5, 5.41) is 11.7. The number of rotatable bonds is 2. The van der Waals surface area contributed by atoms with E-state index in [1.807, 2.05) is 12.1 Å². The third-order valence-corrected chi connectivity index (χ3v) is 5.95. The molecule has 2 fully saturated rings. The zero-order valence-corrected chi connectivity index (χ0v) is 15.0. The number of likely N-dealkylation sites (tertiary alicyclic amines) is 1. The van der Waals surface area contributed by atoms with E-state index in [2.05, 4.69) is 30.8 Å². The highest BCUT2D eigenvalue weighted by Crippen LogP contribution is 2.36. The minimum atomic E-state index is -0.676. The Bertz CT molecular complexity index is 1030. The second-order valence-corrected chi connectivity index (χ2v) is 7.48. The Morgan fingerprint density at radius 2 is 2.04 bits per heavy atom. The van der Waals surface area contributed by atoms with Crippen molar-refractivity contribution in [2.45, 2.75) is 31.5 Å². The van der Waals surface area contributed by atoms with Crippen LogP contribution in [0.1, 0.15) is 25.0 Å². The molecule has 0 unspecified atom stereocenters. The summed E-state index contributed by atoms with van der Waals surface area (Å²) in [6.07, 6.45) is 5.42. The molecule has 0 bridgehead atoms. The van der Waals surface area contributed by atoms with E-state index in [-0.39, 0.29) is 0 Å². The van der Waals surface area contributed by atoms with E-state index in [0.29, 0.717) is 24.7 Å². The maximum Gasteiger partial charge on any atom is 0.164 e. The van der Waals surface area contributed by atoms with Crippen molar-refractivity contribution < 1.29 is 4.39 Å². The van der Waals surface area contributed by atoms with Crippen molar-refractivity contribution in [2.75, 3.05) is 31.1 Å². The number of nitriles is 1. The van der Waals surface area contributed by atoms with Gasteiger partial charge in [0.05, 0.1) is 17.4 Å². The van der Waals surface area contributed by atoms with Crippen LogP contribution in [0.4, 0.5) is 10.1 Å². The molecule has 6 nitrogen and oxygen atoms in total. The lowest BCUT2D eigenvalue weighted by Crippen LogP contribution is -2.44. The summed E-state index contributed by atoms with van der Waals surface area (Å²) in [6.45, 7) is 3.13. The first-order valence-electron chi connectivity index (χ1n) is 9.53. The molecule has 1 atom stereocenters. The van der Waals surface area contributed by atoms with Crippen LogP contribution in [0, 0.1) is 11.3 Å². The number of aromatic amines is 1. The van der Waals surface area contributed by atoms with Crippen molar-refractivity contribution in [1.82, 2.24) is 19.9 Å². The van der Waals surface area contributed by atoms with E-state index in [1.165, 1.54) is 0 Å². The number of alkyl halides is 1. The molecule has 5 heterocycles. The standard InChI is InChI=1S/C20H21FN6/c21-13-3-7-27(12-13)14-4-8-26(9-5-14)19-16(10-22)24-11-17-18(19)15-2-1-6-23-20(15)25-17/h1-2,6,11,13-14H,3-5,7-9,12H2,(H,23,25)/t13-/m0/s1. The summed E-state index contributed by atoms with van der Waals surface area (Å²) < 4.78 is 13.6. The van der Waals surface area contributed by atoms with Crippen molar-refractivity contribution in [1.29, 1.82) is 5.26 Å². The average molecular weight is 364 g/mol. The topological polar surface area (TPSA) is 71.8 Å². The lowest BCUT2D eigenvalue weighted by atomic mass is 10.0. The number of hydrogen-bond donors (Lipinski definition) is 1. The van der Waals surface area contributed by atoms with Crippen molar-refractivity contribution in [3.8, 4) is 6.07 Å². The highest BCUT2D eigenvalue weighted by molar-refractivity contribution is 6.13. The second-order valence-electron chi connectivity index (χ2n) is 7.48. The van der Waals surface area contributed by atoms with Crippen molar-refractivity contribution in [3.05, 3.63) is 30.2 Å². The molecule has 0 aromatic carbocycles. The van der Waals surface area contributed by atoms with Gasteiger partial charge in [-0.3, -0.25) is 4.90 Å². The van der Waals surface area contributed by atoms with Crippen molar-refractivity contribution >= 4 is 27.6 Å². The van der Waals surface area contributed by atoms with Crippen LogP contribution >= 0.6 is 0 Å². The van der Waals surface area contributed by atoms with Gasteiger partial charge >= 0.3 is 0 Å². The SMILES string of the molecule is N#Cc1ncc2[nH]c3ncccc3c2c1N1CCC(N2CC[C@H](F)C2)CC1. The number of nitrogens with one attached hydrogen (secondary N) is 1. The van der Waals surface area contributed by atoms with Crippen LogP contribution in [-0.4, -0.2) is 58.2 Å². The van der Waals surface area contributed by atoms with Crippen LogP contribution in [0.3, 0.4) is 0 Å². The molecule has 2 aliphatic heterocycles. The van der Waals surface area contributed by atoms with Crippen LogP contribution in [0.25, 0.3) is 21.9 Å². The fourth-order valence-electron chi connectivity index (χ4n) is 4.62. The van der Waals surface area contributed by atoms with Crippen LogP contribution in [0.5, 0.6) is 0 Å². The summed E-state index contributed by atoms with van der Waals surface area (Å²) >= 11 is 0. The van der Waals surface area contributed by atoms with Gasteiger partial charge < -0.3 is 9.88 Å². The number of H-pyrrole nitrogens is 1. The molecule has 1 N–H and O–H groups in total. The largest absolute Gasteiger partial charge is 0.368 e. The van der Waals surface area contributed by atoms with Crippen molar-refractivity contribution in [2.24, 2.45) is 0 Å². The predicted molar refractivity (Wildman–Crippen MR) is 102 cm³/mol. The molecular formula is C20H21FN6. The molecule has 3 aromatic rings. The molecule has 27 heavy (non-hydrogen) atoms. The summed E-state index contributed by atoms with van der Waals surface area (Å²) in [5.74, 6) is 0. The van der Waals surface area contributed by atoms with E-state index in [0.717, 1.165) is 60.1 Å². The zero-order valence-electron chi connectivity index (χ0n) is 15.0. The predicted octanol–water partition coefficient (Wildman–Crippen LogP) is 3.00. The van der Waals surface area contributed by atoms with Crippen LogP contribution in [0.15, 0.2) is 24.5 Å². The summed E-state index contributed by atoms with van der Waals surface area (Å²) in [7, 11) is 0. The van der Waals surface area contributed by atoms with Gasteiger partial charge in [0.15, 0.2) is 5.69 Å². The number of pyridine rings is 2. The van der Waals surface area contributed by atoms with E-state index < -0.39 is 6.17 Å². The van der Waals surface area contributed by atoms with Crippen LogP contribution < -0.4 is 4.90 Å². The number of piperidine rings is 1. The van der Waals surface area contributed by atoms with Gasteiger partial charge in [0.2, 0.25) is 0 Å². The second kappa shape index (κ2) is 6.46. The van der Waals surface area contributed by atoms with E-state index in [1.54, 1.807) is 12.4 Å². The molecule has 0 amide bonds. The zero-order chi connectivity index (χ0) is 18.4. The normalized spacial score (nSPS) is 21.9. The molecule has 0 aliphatic carbocycles. The van der Waals surface area contributed by atoms with Crippen molar-refractivity contribution in [3.63, 3.8) is 0 Å². The average Bonchev–Trinajstić information content (AvgIpc) is 3.31. The first kappa shape index (κ1) is 16.5. The Morgan fingerprint density at radius 3 is 2.78 bits per heavy atom. The molecule has 0 radical (unpaired) electrons. The lowest BCUT2D eigenvalue weighted by Gasteiger charge is -2.38. The molecule has 0 spiro atoms. The number of anilines is 1. The van der Waals surface area contributed by atoms with Gasteiger partial charge in [-0.2, -0.15) is 5.26 Å². The monoisotopic (exact) mass is 364 g/mol. The molecule has 7 heteroatoms. The van der Waals surface area contributed by atoms with Gasteiger partial charge in [0.25, 0.3) is 0 Å². The smallest absolute Gasteiger partial charge is 0.164 e. The molecule has 2 aliphatic rings. The Labute approximate surface area is 156 Å². The van der Waals surface area contributed by atoms with E-state index in [9.17, 15) is 9.65 Å². The van der Waals surface area contributed by atoms with Gasteiger partial charge in [0.1, 0.15) is 17.9 Å². The fraction of sp³-hybridized carbons (Fsp3) is 0.450. The quantitative estimate of drug-likeness (QED) is 0.757. The van der Waals surface area contributed by atoms with Crippen LogP contribution in [0.2, 0.25) is 0 Å². The number of nitrogens with zero attached hydrogens (tertiary/aromatic N) is 5. The number of aromatic nitrogens is 3. The minimum Gasteiger partial charge on any atom is -0.368 e. The van der Waals surface area contributed by atoms with Gasteiger partial charge in [-0.25, -0.2) is 14.4 Å². The Balaban J connectivity index is 1.50. The molecule has 5 rings (SSSR count). The van der Waals surface area contributed by atoms with Crippen LogP contribution in [-0.2, 0) is 0 Å². The summed E-state index contributed by atoms with van der Waals surface area (Å²) in [6, 6.07) is 6.65. The summed E-state index contributed by atoms with van der Waals surface area (Å²) in [4.78, 5) is 16.7. The maximum absolute atomic E-state index is 13.6. The van der Waals surface area contributed by atoms with Gasteiger partial charge in [-0.1, -0.05) is 0 Å². The highest BCUT2D eigenvalue weighted by atomic mass is 19.1. The maximum atomic E-state index is 13.6. The Kier molecular flexibility index (Phi) is 3.94. The van der Waals surface area contributed by atoms with Gasteiger partial charge in [-0.05, 0) is 31.4 Å². The number of hydrogen-bond acceptors (Lipinski definition) is 5. The molecule has 2 saturated heterocycles. The fourth-order valence-corrected chi connectivity index (χ4v) is 4.62. The lowest BCUT2D eigenvalue weighted by molar-refractivity contribution is 0.192. The van der Waals surface area contributed by atoms with E-state index in [4.69, 9.17) is 0 Å². The van der Waals surface area contributed by atoms with Gasteiger partial charge in [0, 0.05) is 49.2 Å². The molecular weight excluding hydrogens is 343 g/mol. The first-order chi connectivity index (χ1) is 13.2. The first-order valence-corrected chi connectivity index (χ1v) is 9.53. The molecule has 0 saturated carbocycles. The Morgan fingerprint density at radius 1 is 1.19 bits per heavy atom. The highest BCUT2D eigenvalue weighted by Gasteiger charge is 2.32. The molecule has 3 aromatic heterocycles. The van der Waals surface area contributed by atoms with Gasteiger partial charge in [-0.15, -0.1) is 0 Å². The third-order valence-electron chi connectivity index (χ3n) is 5.95. The summed E-state index contributed by atoms with van der Waals surface area (Å²) in [5.41, 5.74) is 3.07.